The molecule has 0 unspecified atom stereocenters. The van der Waals surface area contributed by atoms with E-state index in [4.69, 9.17) is 4.74 Å². The third kappa shape index (κ3) is 11.0. The maximum atomic E-state index is 12.4. The van der Waals surface area contributed by atoms with Crippen LogP contribution in [0.1, 0.15) is 41.6 Å². The first-order valence-electron chi connectivity index (χ1n) is 13.5. The first-order chi connectivity index (χ1) is 20.6. The number of aromatic nitrogens is 4. The van der Waals surface area contributed by atoms with E-state index in [9.17, 15) is 22.8 Å². The predicted octanol–water partition coefficient (Wildman–Crippen LogP) is 5.55. The average Bonchev–Trinajstić information content (AvgIpc) is 3.38. The van der Waals surface area contributed by atoms with Crippen molar-refractivity contribution >= 4 is 34.1 Å². The number of anilines is 2. The van der Waals surface area contributed by atoms with E-state index < -0.39 is 18.0 Å². The van der Waals surface area contributed by atoms with E-state index >= 15 is 0 Å². The van der Waals surface area contributed by atoms with Crippen LogP contribution in [0.4, 0.5) is 24.1 Å². The van der Waals surface area contributed by atoms with Gasteiger partial charge < -0.3 is 20.1 Å². The number of benzene rings is 2. The molecule has 2 aromatic carbocycles. The zero-order chi connectivity index (χ0) is 30.7. The first-order valence-corrected chi connectivity index (χ1v) is 14.3. The highest BCUT2D eigenvalue weighted by molar-refractivity contribution is 7.15. The molecule has 43 heavy (non-hydrogen) atoms. The number of ether oxygens (including phenoxy) is 2. The fourth-order valence-electron chi connectivity index (χ4n) is 4.03. The molecule has 0 saturated carbocycles. The van der Waals surface area contributed by atoms with E-state index in [2.05, 4.69) is 35.8 Å². The van der Waals surface area contributed by atoms with Gasteiger partial charge in [-0.15, -0.1) is 28.5 Å². The van der Waals surface area contributed by atoms with Gasteiger partial charge in [0.15, 0.2) is 5.82 Å². The Balaban J connectivity index is 1.15. The van der Waals surface area contributed by atoms with Crippen LogP contribution in [0.15, 0.2) is 60.7 Å². The molecular weight excluding hydrogens is 585 g/mol. The lowest BCUT2D eigenvalue weighted by molar-refractivity contribution is -0.274. The standard InChI is InChI=1S/C29H29F3N6O4S/c1-2-41-22-10-5-7-19(15-22)18-26(40)34-28-38-37-27(43-28)12-4-3-9-21-13-14-24(36-35-21)33-25(39)17-20-8-6-11-23(16-20)42-29(30,31)32/h5-8,10-11,13-16H,2-4,9,12,17-18H2,1H3,(H,33,36,39)(H,34,38,40). The summed E-state index contributed by atoms with van der Waals surface area (Å²) in [7, 11) is 0. The minimum atomic E-state index is -4.81. The molecule has 2 N–H and O–H groups in total. The van der Waals surface area contributed by atoms with Crippen molar-refractivity contribution in [3.63, 3.8) is 0 Å². The van der Waals surface area contributed by atoms with E-state index in [-0.39, 0.29) is 24.6 Å². The van der Waals surface area contributed by atoms with E-state index in [1.807, 2.05) is 31.2 Å². The van der Waals surface area contributed by atoms with Gasteiger partial charge in [-0.2, -0.15) is 5.10 Å². The Labute approximate surface area is 249 Å². The molecule has 0 saturated heterocycles. The number of carbonyl (C=O) groups is 2. The molecule has 0 atom stereocenters. The first kappa shape index (κ1) is 31.3. The van der Waals surface area contributed by atoms with Crippen molar-refractivity contribution in [2.45, 2.75) is 51.8 Å². The highest BCUT2D eigenvalue weighted by atomic mass is 32.1. The number of halogens is 3. The number of aryl methyl sites for hydroxylation is 2. The van der Waals surface area contributed by atoms with Gasteiger partial charge in [-0.1, -0.05) is 35.6 Å². The van der Waals surface area contributed by atoms with Crippen molar-refractivity contribution in [3.8, 4) is 11.5 Å². The monoisotopic (exact) mass is 614 g/mol. The highest BCUT2D eigenvalue weighted by Crippen LogP contribution is 2.24. The maximum absolute atomic E-state index is 12.4. The molecule has 0 aliphatic rings. The Kier molecular flexibility index (Phi) is 11.0. The molecule has 4 rings (SSSR count). The van der Waals surface area contributed by atoms with Crippen molar-refractivity contribution in [2.24, 2.45) is 0 Å². The van der Waals surface area contributed by atoms with Crippen LogP contribution in [0.5, 0.6) is 11.5 Å². The SMILES string of the molecule is CCOc1cccc(CC(=O)Nc2nnc(CCCCc3ccc(NC(=O)Cc4cccc(OC(F)(F)F)c4)nn3)s2)c1. The Morgan fingerprint density at radius 2 is 1.49 bits per heavy atom. The van der Waals surface area contributed by atoms with Crippen LogP contribution in [0.25, 0.3) is 0 Å². The molecule has 2 amide bonds. The lowest BCUT2D eigenvalue weighted by atomic mass is 10.1. The number of alkyl halides is 3. The van der Waals surface area contributed by atoms with Crippen LogP contribution < -0.4 is 20.1 Å². The maximum Gasteiger partial charge on any atom is 0.573 e. The minimum Gasteiger partial charge on any atom is -0.494 e. The molecule has 14 heteroatoms. The van der Waals surface area contributed by atoms with Crippen LogP contribution in [0, 0.1) is 0 Å². The summed E-state index contributed by atoms with van der Waals surface area (Å²) in [5.41, 5.74) is 1.95. The normalized spacial score (nSPS) is 11.2. The predicted molar refractivity (Wildman–Crippen MR) is 154 cm³/mol. The lowest BCUT2D eigenvalue weighted by Crippen LogP contribution is -2.18. The van der Waals surface area contributed by atoms with E-state index in [1.54, 1.807) is 12.1 Å². The zero-order valence-corrected chi connectivity index (χ0v) is 24.0. The van der Waals surface area contributed by atoms with Gasteiger partial charge in [0.25, 0.3) is 0 Å². The number of carbonyl (C=O) groups excluding carboxylic acids is 2. The van der Waals surface area contributed by atoms with Crippen molar-refractivity contribution in [1.82, 2.24) is 20.4 Å². The Hall–Kier alpha value is -4.59. The van der Waals surface area contributed by atoms with Crippen LogP contribution >= 0.6 is 11.3 Å². The molecule has 0 aliphatic heterocycles. The van der Waals surface area contributed by atoms with Crippen molar-refractivity contribution in [1.29, 1.82) is 0 Å². The van der Waals surface area contributed by atoms with E-state index in [1.165, 1.54) is 23.5 Å². The topological polar surface area (TPSA) is 128 Å². The summed E-state index contributed by atoms with van der Waals surface area (Å²) in [5.74, 6) is -0.0620. The molecule has 0 aliphatic carbocycles. The van der Waals surface area contributed by atoms with Crippen LogP contribution in [-0.4, -0.2) is 45.2 Å². The minimum absolute atomic E-state index is 0.155. The van der Waals surface area contributed by atoms with Gasteiger partial charge in [0.05, 0.1) is 25.1 Å². The second-order valence-electron chi connectivity index (χ2n) is 9.34. The van der Waals surface area contributed by atoms with Gasteiger partial charge in [0.2, 0.25) is 16.9 Å². The van der Waals surface area contributed by atoms with E-state index in [0.29, 0.717) is 30.1 Å². The van der Waals surface area contributed by atoms with Gasteiger partial charge in [-0.05, 0) is 73.7 Å². The summed E-state index contributed by atoms with van der Waals surface area (Å²) in [6, 6.07) is 16.0. The quantitative estimate of drug-likeness (QED) is 0.177. The fourth-order valence-corrected chi connectivity index (χ4v) is 4.83. The van der Waals surface area contributed by atoms with Crippen LogP contribution in [0.2, 0.25) is 0 Å². The number of hydrogen-bond acceptors (Lipinski definition) is 9. The van der Waals surface area contributed by atoms with E-state index in [0.717, 1.165) is 47.0 Å². The molecule has 226 valence electrons. The Bertz CT molecular complexity index is 1510. The summed E-state index contributed by atoms with van der Waals surface area (Å²) in [6.45, 7) is 2.46. The van der Waals surface area contributed by atoms with Gasteiger partial charge >= 0.3 is 6.36 Å². The number of rotatable bonds is 14. The molecule has 2 aromatic heterocycles. The van der Waals surface area contributed by atoms with Gasteiger partial charge in [0, 0.05) is 6.42 Å². The number of nitrogens with zero attached hydrogens (tertiary/aromatic N) is 4. The third-order valence-corrected chi connectivity index (χ3v) is 6.74. The molecule has 0 radical (unpaired) electrons. The van der Waals surface area contributed by atoms with Crippen LogP contribution in [-0.2, 0) is 35.3 Å². The molecule has 10 nitrogen and oxygen atoms in total. The molecule has 0 fully saturated rings. The van der Waals surface area contributed by atoms with Gasteiger partial charge in [-0.25, -0.2) is 0 Å². The third-order valence-electron chi connectivity index (χ3n) is 5.84. The Morgan fingerprint density at radius 3 is 2.16 bits per heavy atom. The summed E-state index contributed by atoms with van der Waals surface area (Å²) >= 11 is 1.34. The molecule has 0 spiro atoms. The second-order valence-corrected chi connectivity index (χ2v) is 10.4. The van der Waals surface area contributed by atoms with Crippen LogP contribution in [0.3, 0.4) is 0 Å². The number of amides is 2. The van der Waals surface area contributed by atoms with Gasteiger partial charge in [-0.3, -0.25) is 9.59 Å². The second kappa shape index (κ2) is 15.0. The number of nitrogens with one attached hydrogen (secondary N) is 2. The summed E-state index contributed by atoms with van der Waals surface area (Å²) in [4.78, 5) is 24.7. The lowest BCUT2D eigenvalue weighted by Gasteiger charge is -2.10. The zero-order valence-electron chi connectivity index (χ0n) is 23.2. The molecule has 2 heterocycles. The largest absolute Gasteiger partial charge is 0.573 e. The van der Waals surface area contributed by atoms with Crippen molar-refractivity contribution in [2.75, 3.05) is 17.2 Å². The fraction of sp³-hybridized carbons (Fsp3) is 0.310. The average molecular weight is 615 g/mol. The summed E-state index contributed by atoms with van der Waals surface area (Å²) in [5, 5.41) is 23.0. The number of unbranched alkanes of at least 4 members (excludes halogenated alkanes) is 1. The summed E-state index contributed by atoms with van der Waals surface area (Å²) < 4.78 is 46.6. The van der Waals surface area contributed by atoms with Crippen molar-refractivity contribution < 1.29 is 32.2 Å². The molecular formula is C29H29F3N6O4S. The molecule has 0 bridgehead atoms. The Morgan fingerprint density at radius 1 is 0.814 bits per heavy atom. The number of hydrogen-bond donors (Lipinski definition) is 2. The smallest absolute Gasteiger partial charge is 0.494 e. The molecule has 4 aromatic rings. The van der Waals surface area contributed by atoms with Crippen molar-refractivity contribution in [3.05, 3.63) is 82.5 Å². The highest BCUT2D eigenvalue weighted by Gasteiger charge is 2.31. The summed E-state index contributed by atoms with van der Waals surface area (Å²) in [6.07, 6.45) is -1.77. The van der Waals surface area contributed by atoms with Gasteiger partial charge in [0.1, 0.15) is 16.5 Å².